The molecule has 1 saturated heterocycles. The van der Waals surface area contributed by atoms with Gasteiger partial charge in [0.1, 0.15) is 29.8 Å². The molecule has 5 aromatic rings. The van der Waals surface area contributed by atoms with Crippen LogP contribution in [0.4, 0.5) is 5.95 Å². The van der Waals surface area contributed by atoms with Crippen molar-refractivity contribution in [1.29, 1.82) is 0 Å². The standard InChI is InChI=1S/C40H42N4O9/c45-18-5-6-19-52-33-21-25(23-41-40-42-31-13-3-4-14-32(31)44(40)39-36(48)35(47)34(24-46)53-39)15-16-28(33)26-9-7-10-27(22-26)51-20-8-17-43-37(49)29-11-1-2-12-30(29)38(43)50/h1-4,7,9-16,21-22,34-36,39,45-48H,5-6,8,17-20,23-24H2,(H,41,42)/t34-,35-,36-,39-/m1/s1. The highest BCUT2D eigenvalue weighted by Crippen LogP contribution is 2.36. The Morgan fingerprint density at radius 1 is 0.774 bits per heavy atom. The fraction of sp³-hybridized carbons (Fsp3) is 0.325. The fourth-order valence-corrected chi connectivity index (χ4v) is 6.74. The van der Waals surface area contributed by atoms with Gasteiger partial charge in [0.05, 0.1) is 42.0 Å². The van der Waals surface area contributed by atoms with Crippen LogP contribution >= 0.6 is 0 Å². The highest BCUT2D eigenvalue weighted by Gasteiger charge is 2.44. The van der Waals surface area contributed by atoms with Gasteiger partial charge in [-0.05, 0) is 72.9 Å². The summed E-state index contributed by atoms with van der Waals surface area (Å²) in [4.78, 5) is 31.4. The van der Waals surface area contributed by atoms with E-state index >= 15 is 0 Å². The second kappa shape index (κ2) is 16.1. The number of unbranched alkanes of at least 4 members (excludes halogenated alkanes) is 1. The predicted molar refractivity (Wildman–Crippen MR) is 196 cm³/mol. The molecule has 5 N–H and O–H groups in total. The van der Waals surface area contributed by atoms with Crippen LogP contribution in [-0.2, 0) is 11.3 Å². The van der Waals surface area contributed by atoms with Gasteiger partial charge in [0.2, 0.25) is 5.95 Å². The number of ether oxygens (including phenoxy) is 3. The predicted octanol–water partition coefficient (Wildman–Crippen LogP) is 4.14. The SMILES string of the molecule is O=C1c2ccccc2C(=O)N1CCCOc1cccc(-c2ccc(CNc3nc4ccccc4n3[C@@H]3O[C@H](CO)[C@@H](O)[C@H]3O)cc2OCCCCO)c1. The monoisotopic (exact) mass is 722 g/mol. The summed E-state index contributed by atoms with van der Waals surface area (Å²) in [6, 6.07) is 27.7. The lowest BCUT2D eigenvalue weighted by Crippen LogP contribution is -2.33. The topological polar surface area (TPSA) is 176 Å². The molecule has 4 atom stereocenters. The van der Waals surface area contributed by atoms with Gasteiger partial charge >= 0.3 is 0 Å². The van der Waals surface area contributed by atoms with Crippen molar-refractivity contribution in [2.75, 3.05) is 38.3 Å². The molecule has 1 aromatic heterocycles. The van der Waals surface area contributed by atoms with Crippen LogP contribution in [-0.4, -0.2) is 98.0 Å². The minimum absolute atomic E-state index is 0.0725. The van der Waals surface area contributed by atoms with Crippen LogP contribution in [0.5, 0.6) is 11.5 Å². The van der Waals surface area contributed by atoms with Gasteiger partial charge in [0, 0.05) is 25.3 Å². The van der Waals surface area contributed by atoms with Gasteiger partial charge in [-0.1, -0.05) is 48.5 Å². The number of carbonyl (C=O) groups is 2. The third-order valence-corrected chi connectivity index (χ3v) is 9.49. The molecular weight excluding hydrogens is 680 g/mol. The number of amides is 2. The molecule has 2 aliphatic rings. The van der Waals surface area contributed by atoms with Crippen molar-refractivity contribution in [2.45, 2.75) is 50.3 Å². The number of aliphatic hydroxyl groups excluding tert-OH is 4. The lowest BCUT2D eigenvalue weighted by molar-refractivity contribution is -0.0499. The number of imide groups is 1. The zero-order valence-electron chi connectivity index (χ0n) is 29.0. The van der Waals surface area contributed by atoms with E-state index in [-0.39, 0.29) is 25.0 Å². The summed E-state index contributed by atoms with van der Waals surface area (Å²) in [6.45, 7) is 0.928. The molecule has 0 radical (unpaired) electrons. The number of fused-ring (bicyclic) bond motifs is 2. The fourth-order valence-electron chi connectivity index (χ4n) is 6.74. The Kier molecular flexibility index (Phi) is 11.0. The number of nitrogens with one attached hydrogen (secondary N) is 1. The maximum atomic E-state index is 12.7. The van der Waals surface area contributed by atoms with Gasteiger partial charge in [0.25, 0.3) is 11.8 Å². The Labute approximate surface area is 306 Å². The van der Waals surface area contributed by atoms with Crippen molar-refractivity contribution in [1.82, 2.24) is 14.5 Å². The Balaban J connectivity index is 1.06. The van der Waals surface area contributed by atoms with E-state index < -0.39 is 31.1 Å². The molecule has 53 heavy (non-hydrogen) atoms. The molecule has 0 spiro atoms. The Morgan fingerprint density at radius 3 is 2.28 bits per heavy atom. The number of rotatable bonds is 16. The molecule has 0 bridgehead atoms. The van der Waals surface area contributed by atoms with E-state index in [0.717, 1.165) is 16.7 Å². The second-order valence-corrected chi connectivity index (χ2v) is 13.0. The van der Waals surface area contributed by atoms with Crippen molar-refractivity contribution < 1.29 is 44.2 Å². The third-order valence-electron chi connectivity index (χ3n) is 9.49. The van der Waals surface area contributed by atoms with Crippen LogP contribution in [0, 0.1) is 0 Å². The Bertz CT molecular complexity index is 2050. The van der Waals surface area contributed by atoms with Gasteiger partial charge < -0.3 is 40.0 Å². The van der Waals surface area contributed by atoms with Crippen molar-refractivity contribution in [3.8, 4) is 22.6 Å². The number of hydrogen-bond acceptors (Lipinski definition) is 11. The summed E-state index contributed by atoms with van der Waals surface area (Å²) >= 11 is 0. The molecule has 4 aromatic carbocycles. The van der Waals surface area contributed by atoms with Crippen LogP contribution in [0.1, 0.15) is 51.8 Å². The molecule has 0 aliphatic carbocycles. The number of para-hydroxylation sites is 2. The molecule has 0 saturated carbocycles. The number of aliphatic hydroxyl groups is 4. The maximum absolute atomic E-state index is 12.7. The maximum Gasteiger partial charge on any atom is 0.261 e. The average molecular weight is 723 g/mol. The largest absolute Gasteiger partial charge is 0.494 e. The minimum atomic E-state index is -1.28. The lowest BCUT2D eigenvalue weighted by atomic mass is 10.0. The first-order chi connectivity index (χ1) is 25.9. The van der Waals surface area contributed by atoms with Crippen LogP contribution < -0.4 is 14.8 Å². The van der Waals surface area contributed by atoms with E-state index in [9.17, 15) is 30.0 Å². The van der Waals surface area contributed by atoms with Gasteiger partial charge in [-0.15, -0.1) is 0 Å². The summed E-state index contributed by atoms with van der Waals surface area (Å²) in [5, 5.41) is 43.6. The number of carbonyl (C=O) groups excluding carboxylic acids is 2. The number of aromatic nitrogens is 2. The zero-order chi connectivity index (χ0) is 36.9. The van der Waals surface area contributed by atoms with Crippen molar-refractivity contribution in [2.24, 2.45) is 0 Å². The molecule has 3 heterocycles. The summed E-state index contributed by atoms with van der Waals surface area (Å²) in [7, 11) is 0. The van der Waals surface area contributed by atoms with Gasteiger partial charge in [-0.2, -0.15) is 0 Å². The highest BCUT2D eigenvalue weighted by molar-refractivity contribution is 6.21. The van der Waals surface area contributed by atoms with Crippen molar-refractivity contribution >= 4 is 28.8 Å². The zero-order valence-corrected chi connectivity index (χ0v) is 29.0. The summed E-state index contributed by atoms with van der Waals surface area (Å²) in [6.07, 6.45) is -2.69. The number of anilines is 1. The molecule has 276 valence electrons. The first kappa shape index (κ1) is 36.1. The highest BCUT2D eigenvalue weighted by atomic mass is 16.6. The molecule has 7 rings (SSSR count). The van der Waals surface area contributed by atoms with Crippen molar-refractivity contribution in [3.63, 3.8) is 0 Å². The number of hydrogen-bond donors (Lipinski definition) is 5. The molecule has 0 unspecified atom stereocenters. The summed E-state index contributed by atoms with van der Waals surface area (Å²) in [5.41, 5.74) is 4.81. The molecule has 13 heteroatoms. The summed E-state index contributed by atoms with van der Waals surface area (Å²) < 4.78 is 19.9. The van der Waals surface area contributed by atoms with E-state index in [1.54, 1.807) is 28.8 Å². The van der Waals surface area contributed by atoms with Crippen LogP contribution in [0.25, 0.3) is 22.2 Å². The number of imidazole rings is 1. The normalized spacial score (nSPS) is 19.6. The van der Waals surface area contributed by atoms with E-state index in [0.29, 0.717) is 78.6 Å². The first-order valence-corrected chi connectivity index (χ1v) is 17.8. The molecule has 2 aliphatic heterocycles. The van der Waals surface area contributed by atoms with Crippen LogP contribution in [0.3, 0.4) is 0 Å². The van der Waals surface area contributed by atoms with Crippen molar-refractivity contribution in [3.05, 3.63) is 108 Å². The minimum Gasteiger partial charge on any atom is -0.494 e. The Hall–Kier alpha value is -5.31. The average Bonchev–Trinajstić information content (AvgIpc) is 3.78. The van der Waals surface area contributed by atoms with E-state index in [4.69, 9.17) is 19.2 Å². The molecule has 2 amide bonds. The molecular formula is C40H42N4O9. The lowest BCUT2D eigenvalue weighted by Gasteiger charge is -2.20. The summed E-state index contributed by atoms with van der Waals surface area (Å²) in [5.74, 6) is 1.12. The Morgan fingerprint density at radius 2 is 1.53 bits per heavy atom. The van der Waals surface area contributed by atoms with E-state index in [1.165, 1.54) is 4.90 Å². The van der Waals surface area contributed by atoms with E-state index in [2.05, 4.69) is 5.32 Å². The second-order valence-electron chi connectivity index (χ2n) is 13.0. The van der Waals surface area contributed by atoms with Gasteiger partial charge in [-0.3, -0.25) is 19.1 Å². The smallest absolute Gasteiger partial charge is 0.261 e. The molecule has 13 nitrogen and oxygen atoms in total. The van der Waals surface area contributed by atoms with Crippen LogP contribution in [0.2, 0.25) is 0 Å². The third kappa shape index (κ3) is 7.48. The van der Waals surface area contributed by atoms with Gasteiger partial charge in [-0.25, -0.2) is 4.98 Å². The number of nitrogens with zero attached hydrogens (tertiary/aromatic N) is 3. The van der Waals surface area contributed by atoms with Crippen LogP contribution in [0.15, 0.2) is 91.0 Å². The molecule has 1 fully saturated rings. The first-order valence-electron chi connectivity index (χ1n) is 17.8. The number of benzene rings is 4. The quantitative estimate of drug-likeness (QED) is 0.0731. The van der Waals surface area contributed by atoms with Gasteiger partial charge in [0.15, 0.2) is 6.23 Å². The van der Waals surface area contributed by atoms with E-state index in [1.807, 2.05) is 66.7 Å².